The van der Waals surface area contributed by atoms with Gasteiger partial charge in [-0.3, -0.25) is 4.79 Å². The second kappa shape index (κ2) is 6.89. The monoisotopic (exact) mass is 302 g/mol. The number of aryl methyl sites for hydroxylation is 2. The van der Waals surface area contributed by atoms with Gasteiger partial charge in [0, 0.05) is 24.1 Å². The lowest BCUT2D eigenvalue weighted by Gasteiger charge is -2.06. The van der Waals surface area contributed by atoms with Crippen LogP contribution in [0.15, 0.2) is 28.8 Å². The van der Waals surface area contributed by atoms with Gasteiger partial charge in [0.1, 0.15) is 5.76 Å². The van der Waals surface area contributed by atoms with Crippen molar-refractivity contribution < 1.29 is 19.2 Å². The van der Waals surface area contributed by atoms with Gasteiger partial charge in [0.25, 0.3) is 5.91 Å². The Morgan fingerprint density at radius 2 is 1.95 bits per heavy atom. The van der Waals surface area contributed by atoms with Crippen molar-refractivity contribution in [1.82, 2.24) is 10.5 Å². The summed E-state index contributed by atoms with van der Waals surface area (Å²) in [6.45, 7) is 4.24. The van der Waals surface area contributed by atoms with Gasteiger partial charge in [-0.1, -0.05) is 25.1 Å². The number of nitrogens with one attached hydrogen (secondary N) is 1. The lowest BCUT2D eigenvalue weighted by molar-refractivity contribution is 0.0697. The molecule has 1 aromatic heterocycles. The number of rotatable bonds is 6. The average Bonchev–Trinajstić information content (AvgIpc) is 2.94. The van der Waals surface area contributed by atoms with E-state index in [4.69, 9.17) is 9.63 Å². The molecule has 0 saturated carbocycles. The Balaban J connectivity index is 2.12. The van der Waals surface area contributed by atoms with Crippen molar-refractivity contribution in [1.29, 1.82) is 0 Å². The van der Waals surface area contributed by atoms with Gasteiger partial charge in [0.15, 0.2) is 0 Å². The summed E-state index contributed by atoms with van der Waals surface area (Å²) in [6.07, 6.45) is 1.43. The molecular formula is C16H18N2O4. The molecule has 0 bridgehead atoms. The first-order valence-electron chi connectivity index (χ1n) is 7.14. The van der Waals surface area contributed by atoms with Crippen LogP contribution in [0.3, 0.4) is 0 Å². The quantitative estimate of drug-likeness (QED) is 0.855. The molecule has 1 aromatic carbocycles. The first-order chi connectivity index (χ1) is 10.6. The molecule has 2 aromatic rings. The van der Waals surface area contributed by atoms with Crippen molar-refractivity contribution in [2.75, 3.05) is 0 Å². The molecule has 116 valence electrons. The number of hydrogen-bond donors (Lipinski definition) is 2. The van der Waals surface area contributed by atoms with Crippen molar-refractivity contribution in [2.45, 2.75) is 33.2 Å². The smallest absolute Gasteiger partial charge is 0.335 e. The van der Waals surface area contributed by atoms with Crippen LogP contribution in [-0.2, 0) is 19.4 Å². The molecular weight excluding hydrogens is 284 g/mol. The van der Waals surface area contributed by atoms with E-state index in [1.54, 1.807) is 12.1 Å². The normalized spacial score (nSPS) is 10.5. The van der Waals surface area contributed by atoms with Gasteiger partial charge in [0.05, 0.1) is 11.3 Å². The minimum Gasteiger partial charge on any atom is -0.478 e. The summed E-state index contributed by atoms with van der Waals surface area (Å²) in [4.78, 5) is 23.1. The van der Waals surface area contributed by atoms with Crippen molar-refractivity contribution in [3.8, 4) is 0 Å². The largest absolute Gasteiger partial charge is 0.478 e. The minimum absolute atomic E-state index is 0.0844. The van der Waals surface area contributed by atoms with Crippen LogP contribution in [0.5, 0.6) is 0 Å². The second-order valence-corrected chi connectivity index (χ2v) is 4.81. The fourth-order valence-corrected chi connectivity index (χ4v) is 2.20. The number of amides is 1. The maximum absolute atomic E-state index is 12.2. The molecule has 0 aliphatic rings. The third-order valence-electron chi connectivity index (χ3n) is 3.40. The molecule has 0 unspecified atom stereocenters. The van der Waals surface area contributed by atoms with Crippen LogP contribution in [0.4, 0.5) is 0 Å². The van der Waals surface area contributed by atoms with Crippen molar-refractivity contribution >= 4 is 11.9 Å². The highest BCUT2D eigenvalue weighted by Gasteiger charge is 2.15. The summed E-state index contributed by atoms with van der Waals surface area (Å²) in [6, 6.07) is 5.93. The number of benzene rings is 1. The standard InChI is InChI=1S/C16H18N2O4/c1-3-13-12(14(4-2)22-18-13)9-17-15(19)10-6-5-7-11(8-10)16(20)21/h5-8H,3-4,9H2,1-2H3,(H,17,19)(H,20,21). The van der Waals surface area contributed by atoms with Crippen LogP contribution in [0.25, 0.3) is 0 Å². The van der Waals surface area contributed by atoms with Gasteiger partial charge in [-0.2, -0.15) is 0 Å². The van der Waals surface area contributed by atoms with E-state index < -0.39 is 5.97 Å². The number of aromatic carboxylic acids is 1. The van der Waals surface area contributed by atoms with Gasteiger partial charge in [-0.05, 0) is 24.6 Å². The van der Waals surface area contributed by atoms with Gasteiger partial charge in [-0.25, -0.2) is 4.79 Å². The summed E-state index contributed by atoms with van der Waals surface area (Å²) in [5, 5.41) is 15.7. The zero-order valence-electron chi connectivity index (χ0n) is 12.5. The highest BCUT2D eigenvalue weighted by Crippen LogP contribution is 2.16. The Labute approximate surface area is 128 Å². The van der Waals surface area contributed by atoms with E-state index in [2.05, 4.69) is 10.5 Å². The Kier molecular flexibility index (Phi) is 4.93. The molecule has 0 spiro atoms. The fraction of sp³-hybridized carbons (Fsp3) is 0.312. The second-order valence-electron chi connectivity index (χ2n) is 4.81. The number of nitrogens with zero attached hydrogens (tertiary/aromatic N) is 1. The van der Waals surface area contributed by atoms with E-state index in [0.29, 0.717) is 18.5 Å². The number of hydrogen-bond acceptors (Lipinski definition) is 4. The van der Waals surface area contributed by atoms with Crippen LogP contribution in [0.2, 0.25) is 0 Å². The Morgan fingerprint density at radius 1 is 1.23 bits per heavy atom. The molecule has 0 atom stereocenters. The number of carboxylic acids is 1. The number of aromatic nitrogens is 1. The lowest BCUT2D eigenvalue weighted by atomic mass is 10.1. The molecule has 1 amide bonds. The molecule has 0 aliphatic carbocycles. The van der Waals surface area contributed by atoms with Gasteiger partial charge >= 0.3 is 5.97 Å². The maximum atomic E-state index is 12.2. The van der Waals surface area contributed by atoms with Gasteiger partial charge in [0.2, 0.25) is 0 Å². The van der Waals surface area contributed by atoms with Crippen LogP contribution in [-0.4, -0.2) is 22.1 Å². The predicted molar refractivity (Wildman–Crippen MR) is 79.8 cm³/mol. The van der Waals surface area contributed by atoms with E-state index >= 15 is 0 Å². The van der Waals surface area contributed by atoms with Crippen LogP contribution in [0.1, 0.15) is 51.6 Å². The summed E-state index contributed by atoms with van der Waals surface area (Å²) >= 11 is 0. The summed E-state index contributed by atoms with van der Waals surface area (Å²) in [5.74, 6) is -0.625. The van der Waals surface area contributed by atoms with E-state index in [0.717, 1.165) is 23.4 Å². The molecule has 6 heteroatoms. The topological polar surface area (TPSA) is 92.4 Å². The predicted octanol–water partition coefficient (Wildman–Crippen LogP) is 2.43. The first-order valence-corrected chi connectivity index (χ1v) is 7.14. The Hall–Kier alpha value is -2.63. The molecule has 2 N–H and O–H groups in total. The maximum Gasteiger partial charge on any atom is 0.335 e. The van der Waals surface area contributed by atoms with Crippen molar-refractivity contribution in [3.05, 3.63) is 52.4 Å². The highest BCUT2D eigenvalue weighted by atomic mass is 16.5. The summed E-state index contributed by atoms with van der Waals surface area (Å²) in [7, 11) is 0. The molecule has 0 aliphatic heterocycles. The van der Waals surface area contributed by atoms with Crippen LogP contribution in [0, 0.1) is 0 Å². The van der Waals surface area contributed by atoms with Crippen molar-refractivity contribution in [2.24, 2.45) is 0 Å². The number of carboxylic acid groups (broad SMARTS) is 1. The third kappa shape index (κ3) is 3.33. The van der Waals surface area contributed by atoms with Crippen LogP contribution >= 0.6 is 0 Å². The number of carbonyl (C=O) groups excluding carboxylic acids is 1. The summed E-state index contributed by atoms with van der Waals surface area (Å²) in [5.41, 5.74) is 2.12. The van der Waals surface area contributed by atoms with Crippen LogP contribution < -0.4 is 5.32 Å². The third-order valence-corrected chi connectivity index (χ3v) is 3.40. The van der Waals surface area contributed by atoms with E-state index in [-0.39, 0.29) is 11.5 Å². The first kappa shape index (κ1) is 15.8. The number of carbonyl (C=O) groups is 2. The molecule has 6 nitrogen and oxygen atoms in total. The Morgan fingerprint density at radius 3 is 2.59 bits per heavy atom. The minimum atomic E-state index is -1.06. The SMILES string of the molecule is CCc1noc(CC)c1CNC(=O)c1cccc(C(=O)O)c1. The molecule has 22 heavy (non-hydrogen) atoms. The zero-order chi connectivity index (χ0) is 16.1. The molecule has 0 saturated heterocycles. The molecule has 0 fully saturated rings. The lowest BCUT2D eigenvalue weighted by Crippen LogP contribution is -2.24. The van der Waals surface area contributed by atoms with Gasteiger partial charge < -0.3 is 14.9 Å². The zero-order valence-corrected chi connectivity index (χ0v) is 12.5. The highest BCUT2D eigenvalue weighted by molar-refractivity contribution is 5.97. The average molecular weight is 302 g/mol. The molecule has 2 rings (SSSR count). The Bertz CT molecular complexity index is 670. The van der Waals surface area contributed by atoms with E-state index in [9.17, 15) is 9.59 Å². The van der Waals surface area contributed by atoms with E-state index in [1.807, 2.05) is 13.8 Å². The molecule has 1 heterocycles. The summed E-state index contributed by atoms with van der Waals surface area (Å²) < 4.78 is 5.25. The fourth-order valence-electron chi connectivity index (χ4n) is 2.20. The van der Waals surface area contributed by atoms with Crippen molar-refractivity contribution in [3.63, 3.8) is 0 Å². The van der Waals surface area contributed by atoms with Gasteiger partial charge in [-0.15, -0.1) is 0 Å². The van der Waals surface area contributed by atoms with E-state index in [1.165, 1.54) is 12.1 Å². The molecule has 0 radical (unpaired) electrons.